The normalized spacial score (nSPS) is 16.9. The highest BCUT2D eigenvalue weighted by Crippen LogP contribution is 2.48. The SMILES string of the molecule is O=C1N(Cc2cnc(F)c(Br)c2)c2cccc(C(O)C(F)F)c2C1(F)F. The van der Waals surface area contributed by atoms with Crippen LogP contribution in [0.1, 0.15) is 22.8 Å². The molecule has 1 amide bonds. The van der Waals surface area contributed by atoms with Crippen LogP contribution in [0.4, 0.5) is 27.6 Å². The fourth-order valence-electron chi connectivity index (χ4n) is 2.78. The van der Waals surface area contributed by atoms with Gasteiger partial charge in [0.2, 0.25) is 5.95 Å². The van der Waals surface area contributed by atoms with Gasteiger partial charge in [0, 0.05) is 6.20 Å². The lowest BCUT2D eigenvalue weighted by molar-refractivity contribution is -0.142. The number of amides is 1. The number of carbonyl (C=O) groups excluding carboxylic acids is 1. The van der Waals surface area contributed by atoms with E-state index in [0.717, 1.165) is 12.3 Å². The quantitative estimate of drug-likeness (QED) is 0.583. The van der Waals surface area contributed by atoms with E-state index in [-0.39, 0.29) is 22.3 Å². The molecular weight excluding hydrogens is 427 g/mol. The molecule has 1 aliphatic heterocycles. The largest absolute Gasteiger partial charge is 0.382 e. The van der Waals surface area contributed by atoms with Crippen molar-refractivity contribution in [3.05, 3.63) is 57.6 Å². The molecule has 0 fully saturated rings. The van der Waals surface area contributed by atoms with Crippen molar-refractivity contribution in [2.45, 2.75) is 25.0 Å². The second-order valence-corrected chi connectivity index (χ2v) is 6.46. The Balaban J connectivity index is 2.07. The van der Waals surface area contributed by atoms with Gasteiger partial charge in [-0.1, -0.05) is 12.1 Å². The molecule has 3 rings (SSSR count). The Morgan fingerprint density at radius 2 is 2.00 bits per heavy atom. The standard InChI is InChI=1S/C16H10BrF5N2O2/c17-9-4-7(5-23-14(9)20)6-24-10-3-1-2-8(12(25)13(18)19)11(10)16(21,22)15(24)26/h1-5,12-13,25H,6H2. The Kier molecular flexibility index (Phi) is 4.74. The minimum atomic E-state index is -4.08. The number of hydrogen-bond acceptors (Lipinski definition) is 3. The van der Waals surface area contributed by atoms with Gasteiger partial charge < -0.3 is 10.0 Å². The van der Waals surface area contributed by atoms with E-state index in [1.807, 2.05) is 0 Å². The van der Waals surface area contributed by atoms with Gasteiger partial charge in [0.1, 0.15) is 6.10 Å². The third kappa shape index (κ3) is 2.96. The number of hydrogen-bond donors (Lipinski definition) is 1. The van der Waals surface area contributed by atoms with E-state index in [2.05, 4.69) is 20.9 Å². The molecule has 2 aromatic rings. The molecule has 0 bridgehead atoms. The van der Waals surface area contributed by atoms with Gasteiger partial charge in [-0.3, -0.25) is 4.79 Å². The summed E-state index contributed by atoms with van der Waals surface area (Å²) in [6.45, 7) is -0.373. The monoisotopic (exact) mass is 436 g/mol. The summed E-state index contributed by atoms with van der Waals surface area (Å²) in [7, 11) is 0. The van der Waals surface area contributed by atoms with Crippen molar-refractivity contribution in [2.24, 2.45) is 0 Å². The molecule has 0 spiro atoms. The van der Waals surface area contributed by atoms with Gasteiger partial charge in [-0.05, 0) is 39.2 Å². The van der Waals surface area contributed by atoms with Crippen molar-refractivity contribution in [1.29, 1.82) is 0 Å². The number of halogens is 6. The smallest absolute Gasteiger partial charge is 0.352 e. The highest BCUT2D eigenvalue weighted by molar-refractivity contribution is 9.10. The van der Waals surface area contributed by atoms with E-state index >= 15 is 0 Å². The van der Waals surface area contributed by atoms with E-state index in [0.29, 0.717) is 4.90 Å². The van der Waals surface area contributed by atoms with Crippen LogP contribution in [-0.4, -0.2) is 22.4 Å². The fraction of sp³-hybridized carbons (Fsp3) is 0.250. The maximum Gasteiger partial charge on any atom is 0.352 e. The van der Waals surface area contributed by atoms with E-state index < -0.39 is 41.4 Å². The van der Waals surface area contributed by atoms with Crippen molar-refractivity contribution in [2.75, 3.05) is 4.90 Å². The van der Waals surface area contributed by atoms with Crippen molar-refractivity contribution in [1.82, 2.24) is 4.98 Å². The highest BCUT2D eigenvalue weighted by atomic mass is 79.9. The Morgan fingerprint density at radius 3 is 2.62 bits per heavy atom. The maximum atomic E-state index is 14.5. The summed E-state index contributed by atoms with van der Waals surface area (Å²) in [5.41, 5.74) is -1.71. The average Bonchev–Trinajstić information content (AvgIpc) is 2.78. The van der Waals surface area contributed by atoms with Gasteiger partial charge in [-0.15, -0.1) is 0 Å². The summed E-state index contributed by atoms with van der Waals surface area (Å²) in [6, 6.07) is 4.56. The third-order valence-corrected chi connectivity index (χ3v) is 4.50. The first kappa shape index (κ1) is 18.7. The summed E-state index contributed by atoms with van der Waals surface area (Å²) < 4.78 is 67.8. The van der Waals surface area contributed by atoms with Crippen LogP contribution in [0.2, 0.25) is 0 Å². The lowest BCUT2D eigenvalue weighted by Gasteiger charge is -2.18. The van der Waals surface area contributed by atoms with Gasteiger partial charge >= 0.3 is 11.8 Å². The first-order valence-electron chi connectivity index (χ1n) is 7.24. The third-order valence-electron chi connectivity index (χ3n) is 3.94. The van der Waals surface area contributed by atoms with Crippen LogP contribution in [0.15, 0.2) is 34.9 Å². The van der Waals surface area contributed by atoms with Gasteiger partial charge in [-0.2, -0.15) is 13.2 Å². The minimum absolute atomic E-state index is 0.0181. The van der Waals surface area contributed by atoms with Crippen LogP contribution < -0.4 is 4.90 Å². The van der Waals surface area contributed by atoms with Gasteiger partial charge in [0.15, 0.2) is 0 Å². The molecule has 138 valence electrons. The van der Waals surface area contributed by atoms with Crippen LogP contribution in [0.25, 0.3) is 0 Å². The zero-order chi connectivity index (χ0) is 19.2. The first-order valence-corrected chi connectivity index (χ1v) is 8.03. The molecule has 1 aromatic heterocycles. The topological polar surface area (TPSA) is 53.4 Å². The highest BCUT2D eigenvalue weighted by Gasteiger charge is 2.55. The number of aliphatic hydroxyl groups excluding tert-OH is 1. The zero-order valence-corrected chi connectivity index (χ0v) is 14.4. The van der Waals surface area contributed by atoms with Crippen molar-refractivity contribution < 1.29 is 31.9 Å². The van der Waals surface area contributed by atoms with E-state index in [1.54, 1.807) is 0 Å². The summed E-state index contributed by atoms with van der Waals surface area (Å²) in [5, 5.41) is 9.55. The van der Waals surface area contributed by atoms with Crippen LogP contribution in [0, 0.1) is 5.95 Å². The molecule has 1 N–H and O–H groups in total. The molecule has 10 heteroatoms. The second-order valence-electron chi connectivity index (χ2n) is 5.60. The number of anilines is 1. The molecule has 1 aliphatic rings. The molecule has 0 radical (unpaired) electrons. The minimum Gasteiger partial charge on any atom is -0.382 e. The maximum absolute atomic E-state index is 14.5. The van der Waals surface area contributed by atoms with Crippen LogP contribution in [0.3, 0.4) is 0 Å². The predicted octanol–water partition coefficient (Wildman–Crippen LogP) is 3.92. The Morgan fingerprint density at radius 1 is 1.31 bits per heavy atom. The number of aromatic nitrogens is 1. The summed E-state index contributed by atoms with van der Waals surface area (Å²) in [5.74, 6) is -6.51. The van der Waals surface area contributed by atoms with Crippen molar-refractivity contribution in [3.8, 4) is 0 Å². The van der Waals surface area contributed by atoms with Gasteiger partial charge in [0.25, 0.3) is 6.43 Å². The summed E-state index contributed by atoms with van der Waals surface area (Å²) >= 11 is 2.91. The Labute approximate surface area is 152 Å². The number of pyridine rings is 1. The van der Waals surface area contributed by atoms with Crippen molar-refractivity contribution >= 4 is 27.5 Å². The van der Waals surface area contributed by atoms with E-state index in [9.17, 15) is 31.9 Å². The number of carbonyl (C=O) groups is 1. The molecule has 0 aliphatic carbocycles. The second kappa shape index (κ2) is 6.58. The van der Waals surface area contributed by atoms with E-state index in [1.165, 1.54) is 18.2 Å². The molecule has 1 atom stereocenters. The number of aliphatic hydroxyl groups is 1. The van der Waals surface area contributed by atoms with Crippen LogP contribution >= 0.6 is 15.9 Å². The average molecular weight is 437 g/mol. The number of rotatable bonds is 4. The number of nitrogens with zero attached hydrogens (tertiary/aromatic N) is 2. The Bertz CT molecular complexity index is 878. The molecule has 4 nitrogen and oxygen atoms in total. The van der Waals surface area contributed by atoms with Gasteiger partial charge in [-0.25, -0.2) is 13.8 Å². The molecule has 26 heavy (non-hydrogen) atoms. The van der Waals surface area contributed by atoms with E-state index in [4.69, 9.17) is 0 Å². The van der Waals surface area contributed by atoms with Crippen molar-refractivity contribution in [3.63, 3.8) is 0 Å². The molecule has 0 saturated heterocycles. The van der Waals surface area contributed by atoms with Gasteiger partial charge in [0.05, 0.1) is 22.3 Å². The summed E-state index contributed by atoms with van der Waals surface area (Å²) in [4.78, 5) is 16.3. The molecule has 0 saturated carbocycles. The molecule has 2 heterocycles. The molecule has 1 unspecified atom stereocenters. The number of benzene rings is 1. The summed E-state index contributed by atoms with van der Waals surface area (Å²) in [6.07, 6.45) is -4.68. The lowest BCUT2D eigenvalue weighted by atomic mass is 9.98. The Hall–Kier alpha value is -2.07. The number of alkyl halides is 4. The first-order chi connectivity index (χ1) is 12.1. The molecular formula is C16H10BrF5N2O2. The number of fused-ring (bicyclic) bond motifs is 1. The fourth-order valence-corrected chi connectivity index (χ4v) is 3.18. The lowest BCUT2D eigenvalue weighted by Crippen LogP contribution is -2.34. The predicted molar refractivity (Wildman–Crippen MR) is 84.4 cm³/mol. The zero-order valence-electron chi connectivity index (χ0n) is 12.8. The molecule has 1 aromatic carbocycles. The van der Waals surface area contributed by atoms with Crippen LogP contribution in [-0.2, 0) is 17.3 Å². The van der Waals surface area contributed by atoms with Crippen LogP contribution in [0.5, 0.6) is 0 Å².